The molecule has 0 saturated heterocycles. The molecule has 21 heavy (non-hydrogen) atoms. The first-order chi connectivity index (χ1) is 10.1. The highest BCUT2D eigenvalue weighted by molar-refractivity contribution is 5.52. The topological polar surface area (TPSA) is 55.9 Å². The Morgan fingerprint density at radius 2 is 1.90 bits per heavy atom. The minimum Gasteiger partial charge on any atom is -0.466 e. The van der Waals surface area contributed by atoms with Crippen molar-refractivity contribution in [3.8, 4) is 5.69 Å². The van der Waals surface area contributed by atoms with Crippen LogP contribution < -0.4 is 5.32 Å². The average molecular weight is 282 g/mol. The number of nitrogens with zero attached hydrogens (tertiary/aromatic N) is 3. The number of rotatable bonds is 4. The summed E-state index contributed by atoms with van der Waals surface area (Å²) in [5.74, 6) is 1.90. The van der Waals surface area contributed by atoms with Gasteiger partial charge in [0.25, 0.3) is 0 Å². The average Bonchev–Trinajstić information content (AvgIpc) is 3.08. The lowest BCUT2D eigenvalue weighted by atomic mass is 10.1. The number of hydrogen-bond acceptors (Lipinski definition) is 4. The standard InChI is InChI=1S/C16H18N4O/c1-11-7-16(13(3)21-11)12(2)19-14-5-4-6-15(8-14)20-9-17-18-10-20/h4-10,12,19H,1-3H3. The quantitative estimate of drug-likeness (QED) is 0.793. The second-order valence-corrected chi connectivity index (χ2v) is 5.15. The van der Waals surface area contributed by atoms with E-state index in [0.29, 0.717) is 0 Å². The fourth-order valence-electron chi connectivity index (χ4n) is 2.50. The molecular formula is C16H18N4O. The van der Waals surface area contributed by atoms with Gasteiger partial charge in [-0.2, -0.15) is 0 Å². The lowest BCUT2D eigenvalue weighted by Crippen LogP contribution is -2.07. The van der Waals surface area contributed by atoms with E-state index in [1.54, 1.807) is 12.7 Å². The van der Waals surface area contributed by atoms with Gasteiger partial charge < -0.3 is 9.73 Å². The number of hydrogen-bond donors (Lipinski definition) is 1. The molecule has 2 aromatic heterocycles. The van der Waals surface area contributed by atoms with Gasteiger partial charge in [-0.1, -0.05) is 6.07 Å². The van der Waals surface area contributed by atoms with Crippen LogP contribution in [0.1, 0.15) is 30.0 Å². The van der Waals surface area contributed by atoms with Crippen LogP contribution in [0.15, 0.2) is 47.4 Å². The van der Waals surface area contributed by atoms with Crippen molar-refractivity contribution in [2.45, 2.75) is 26.8 Å². The summed E-state index contributed by atoms with van der Waals surface area (Å²) in [6.07, 6.45) is 3.37. The fraction of sp³-hybridized carbons (Fsp3) is 0.250. The molecule has 0 aliphatic carbocycles. The van der Waals surface area contributed by atoms with Gasteiger partial charge in [-0.05, 0) is 45.0 Å². The summed E-state index contributed by atoms with van der Waals surface area (Å²) >= 11 is 0. The van der Waals surface area contributed by atoms with E-state index in [9.17, 15) is 0 Å². The van der Waals surface area contributed by atoms with Crippen LogP contribution in [0.2, 0.25) is 0 Å². The summed E-state index contributed by atoms with van der Waals surface area (Å²) in [5, 5.41) is 11.2. The maximum Gasteiger partial charge on any atom is 0.123 e. The Labute approximate surface area is 123 Å². The Bertz CT molecular complexity index is 731. The van der Waals surface area contributed by atoms with Gasteiger partial charge in [0.15, 0.2) is 0 Å². The monoisotopic (exact) mass is 282 g/mol. The van der Waals surface area contributed by atoms with Gasteiger partial charge in [0, 0.05) is 11.3 Å². The summed E-state index contributed by atoms with van der Waals surface area (Å²) in [4.78, 5) is 0. The van der Waals surface area contributed by atoms with E-state index in [1.165, 1.54) is 5.56 Å². The third-order valence-corrected chi connectivity index (χ3v) is 3.49. The van der Waals surface area contributed by atoms with Crippen LogP contribution in [-0.4, -0.2) is 14.8 Å². The van der Waals surface area contributed by atoms with Gasteiger partial charge in [-0.25, -0.2) is 0 Å². The predicted molar refractivity (Wildman–Crippen MR) is 81.6 cm³/mol. The molecule has 0 saturated carbocycles. The van der Waals surface area contributed by atoms with Crippen LogP contribution in [0.4, 0.5) is 5.69 Å². The summed E-state index contributed by atoms with van der Waals surface area (Å²) in [5.41, 5.74) is 3.26. The van der Waals surface area contributed by atoms with E-state index in [1.807, 2.05) is 36.6 Å². The molecule has 1 aromatic carbocycles. The van der Waals surface area contributed by atoms with Crippen molar-refractivity contribution in [2.75, 3.05) is 5.32 Å². The number of nitrogens with one attached hydrogen (secondary N) is 1. The third kappa shape index (κ3) is 2.81. The molecule has 0 aliphatic heterocycles. The second-order valence-electron chi connectivity index (χ2n) is 5.15. The molecule has 1 unspecified atom stereocenters. The van der Waals surface area contributed by atoms with Gasteiger partial charge in [0.2, 0.25) is 0 Å². The van der Waals surface area contributed by atoms with Crippen molar-refractivity contribution >= 4 is 5.69 Å². The molecule has 0 spiro atoms. The van der Waals surface area contributed by atoms with Crippen LogP contribution in [0.25, 0.3) is 5.69 Å². The van der Waals surface area contributed by atoms with Crippen molar-refractivity contribution in [2.24, 2.45) is 0 Å². The highest BCUT2D eigenvalue weighted by atomic mass is 16.3. The molecule has 1 N–H and O–H groups in total. The SMILES string of the molecule is Cc1cc(C(C)Nc2cccc(-n3cnnc3)c2)c(C)o1. The van der Waals surface area contributed by atoms with Crippen molar-refractivity contribution in [1.82, 2.24) is 14.8 Å². The molecule has 0 aliphatic rings. The van der Waals surface area contributed by atoms with Crippen LogP contribution in [0.5, 0.6) is 0 Å². The Morgan fingerprint density at radius 3 is 2.57 bits per heavy atom. The minimum absolute atomic E-state index is 0.179. The molecule has 0 amide bonds. The molecule has 1 atom stereocenters. The first-order valence-corrected chi connectivity index (χ1v) is 6.92. The highest BCUT2D eigenvalue weighted by Crippen LogP contribution is 2.25. The summed E-state index contributed by atoms with van der Waals surface area (Å²) in [6.45, 7) is 6.09. The van der Waals surface area contributed by atoms with Crippen LogP contribution in [0.3, 0.4) is 0 Å². The fourth-order valence-corrected chi connectivity index (χ4v) is 2.50. The Hall–Kier alpha value is -2.56. The molecule has 2 heterocycles. The normalized spacial score (nSPS) is 12.3. The minimum atomic E-state index is 0.179. The molecular weight excluding hydrogens is 264 g/mol. The Balaban J connectivity index is 1.82. The van der Waals surface area contributed by atoms with Crippen molar-refractivity contribution in [3.05, 3.63) is 60.1 Å². The zero-order valence-corrected chi connectivity index (χ0v) is 12.4. The maximum absolute atomic E-state index is 5.60. The van der Waals surface area contributed by atoms with E-state index in [2.05, 4.69) is 34.6 Å². The van der Waals surface area contributed by atoms with E-state index < -0.39 is 0 Å². The third-order valence-electron chi connectivity index (χ3n) is 3.49. The number of anilines is 1. The molecule has 5 nitrogen and oxygen atoms in total. The number of furan rings is 1. The number of aromatic nitrogens is 3. The van der Waals surface area contributed by atoms with Crippen molar-refractivity contribution < 1.29 is 4.42 Å². The molecule has 3 aromatic rings. The summed E-state index contributed by atoms with van der Waals surface area (Å²) in [7, 11) is 0. The first kappa shape index (κ1) is 13.4. The molecule has 5 heteroatoms. The Morgan fingerprint density at radius 1 is 1.14 bits per heavy atom. The second kappa shape index (κ2) is 5.44. The van der Waals surface area contributed by atoms with Crippen LogP contribution in [0, 0.1) is 13.8 Å². The molecule has 3 rings (SSSR count). The highest BCUT2D eigenvalue weighted by Gasteiger charge is 2.12. The predicted octanol–water partition coefficient (Wildman–Crippen LogP) is 3.65. The van der Waals surface area contributed by atoms with E-state index in [4.69, 9.17) is 4.42 Å². The van der Waals surface area contributed by atoms with Gasteiger partial charge >= 0.3 is 0 Å². The smallest absolute Gasteiger partial charge is 0.123 e. The summed E-state index contributed by atoms with van der Waals surface area (Å²) < 4.78 is 7.47. The maximum atomic E-state index is 5.60. The molecule has 0 fully saturated rings. The van der Waals surface area contributed by atoms with Crippen LogP contribution >= 0.6 is 0 Å². The van der Waals surface area contributed by atoms with Crippen molar-refractivity contribution in [1.29, 1.82) is 0 Å². The van der Waals surface area contributed by atoms with E-state index >= 15 is 0 Å². The zero-order chi connectivity index (χ0) is 14.8. The molecule has 0 radical (unpaired) electrons. The number of benzene rings is 1. The van der Waals surface area contributed by atoms with Crippen LogP contribution in [-0.2, 0) is 0 Å². The lowest BCUT2D eigenvalue weighted by molar-refractivity contribution is 0.500. The van der Waals surface area contributed by atoms with Crippen molar-refractivity contribution in [3.63, 3.8) is 0 Å². The zero-order valence-electron chi connectivity index (χ0n) is 12.4. The first-order valence-electron chi connectivity index (χ1n) is 6.92. The largest absolute Gasteiger partial charge is 0.466 e. The molecule has 0 bridgehead atoms. The lowest BCUT2D eigenvalue weighted by Gasteiger charge is -2.15. The Kier molecular flexibility index (Phi) is 3.48. The molecule has 108 valence electrons. The van der Waals surface area contributed by atoms with Gasteiger partial charge in [-0.15, -0.1) is 10.2 Å². The van der Waals surface area contributed by atoms with E-state index in [0.717, 1.165) is 22.9 Å². The summed E-state index contributed by atoms with van der Waals surface area (Å²) in [6, 6.07) is 10.4. The van der Waals surface area contributed by atoms with Gasteiger partial charge in [-0.3, -0.25) is 4.57 Å². The number of aryl methyl sites for hydroxylation is 2. The van der Waals surface area contributed by atoms with E-state index in [-0.39, 0.29) is 6.04 Å². The van der Waals surface area contributed by atoms with Gasteiger partial charge in [0.1, 0.15) is 24.2 Å². The van der Waals surface area contributed by atoms with Gasteiger partial charge in [0.05, 0.1) is 11.7 Å².